The molecule has 5 nitrogen and oxygen atoms in total. The second-order valence-electron chi connectivity index (χ2n) is 4.79. The predicted molar refractivity (Wildman–Crippen MR) is 84.8 cm³/mol. The summed E-state index contributed by atoms with van der Waals surface area (Å²) >= 11 is 2.45. The van der Waals surface area contributed by atoms with Crippen LogP contribution in [0.15, 0.2) is 22.4 Å². The maximum Gasteiger partial charge on any atom is 0.293 e. The first-order valence-corrected chi connectivity index (χ1v) is 8.25. The van der Waals surface area contributed by atoms with Crippen molar-refractivity contribution >= 4 is 46.2 Å². The number of nitrogens with one attached hydrogen (secondary N) is 1. The van der Waals surface area contributed by atoms with E-state index in [0.29, 0.717) is 4.91 Å². The first kappa shape index (κ1) is 15.8. The van der Waals surface area contributed by atoms with E-state index in [2.05, 4.69) is 5.32 Å². The van der Waals surface area contributed by atoms with Crippen LogP contribution in [0.1, 0.15) is 18.7 Å². The van der Waals surface area contributed by atoms with E-state index in [9.17, 15) is 14.4 Å². The van der Waals surface area contributed by atoms with Gasteiger partial charge in [-0.1, -0.05) is 19.9 Å². The number of nitrogens with zero attached hydrogens (tertiary/aromatic N) is 1. The highest BCUT2D eigenvalue weighted by Gasteiger charge is 2.34. The molecule has 21 heavy (non-hydrogen) atoms. The van der Waals surface area contributed by atoms with E-state index in [0.717, 1.165) is 16.6 Å². The lowest BCUT2D eigenvalue weighted by Crippen LogP contribution is -2.38. The summed E-state index contributed by atoms with van der Waals surface area (Å²) in [5, 5.41) is 4.32. The third-order valence-electron chi connectivity index (χ3n) is 2.85. The zero-order valence-corrected chi connectivity index (χ0v) is 13.4. The van der Waals surface area contributed by atoms with Gasteiger partial charge in [-0.15, -0.1) is 11.3 Å². The van der Waals surface area contributed by atoms with Crippen molar-refractivity contribution in [2.45, 2.75) is 13.8 Å². The Labute approximate surface area is 131 Å². The summed E-state index contributed by atoms with van der Waals surface area (Å²) in [4.78, 5) is 38.0. The molecule has 3 amide bonds. The maximum absolute atomic E-state index is 12.2. The molecule has 0 radical (unpaired) electrons. The van der Waals surface area contributed by atoms with Gasteiger partial charge in [0.05, 0.1) is 4.91 Å². The zero-order valence-electron chi connectivity index (χ0n) is 11.8. The van der Waals surface area contributed by atoms with Crippen molar-refractivity contribution in [3.05, 3.63) is 27.3 Å². The number of thiophene rings is 1. The number of rotatable bonds is 5. The summed E-state index contributed by atoms with van der Waals surface area (Å²) in [5.74, 6) is -0.494. The standard InChI is InChI=1S/C14H16N2O3S2/c1-9(2)12(17)15-5-6-16-13(18)11(21-14(16)19)8-10-4-3-7-20-10/h3-4,7-9H,5-6H2,1-2H3,(H,15,17)/b11-8+. The predicted octanol–water partition coefficient (Wildman–Crippen LogP) is 2.56. The molecule has 1 aliphatic rings. The molecule has 112 valence electrons. The van der Waals surface area contributed by atoms with Gasteiger partial charge >= 0.3 is 0 Å². The highest BCUT2D eigenvalue weighted by Crippen LogP contribution is 2.32. The molecule has 1 aromatic heterocycles. The summed E-state index contributed by atoms with van der Waals surface area (Å²) < 4.78 is 0. The number of hydrogen-bond donors (Lipinski definition) is 1. The Balaban J connectivity index is 1.94. The summed E-state index contributed by atoms with van der Waals surface area (Å²) in [6.45, 7) is 4.06. The van der Waals surface area contributed by atoms with Crippen molar-refractivity contribution in [2.24, 2.45) is 5.92 Å². The molecular weight excluding hydrogens is 308 g/mol. The topological polar surface area (TPSA) is 66.5 Å². The van der Waals surface area contributed by atoms with Crippen LogP contribution in [0, 0.1) is 5.92 Å². The van der Waals surface area contributed by atoms with E-state index in [4.69, 9.17) is 0 Å². The normalized spacial score (nSPS) is 17.1. The highest BCUT2D eigenvalue weighted by atomic mass is 32.2. The second-order valence-corrected chi connectivity index (χ2v) is 6.77. The Morgan fingerprint density at radius 2 is 2.19 bits per heavy atom. The number of imide groups is 1. The monoisotopic (exact) mass is 324 g/mol. The van der Waals surface area contributed by atoms with Gasteiger partial charge in [-0.3, -0.25) is 19.3 Å². The second kappa shape index (κ2) is 6.91. The molecule has 1 aromatic rings. The highest BCUT2D eigenvalue weighted by molar-refractivity contribution is 8.18. The van der Waals surface area contributed by atoms with Crippen molar-refractivity contribution in [3.63, 3.8) is 0 Å². The van der Waals surface area contributed by atoms with E-state index < -0.39 is 0 Å². The fraction of sp³-hybridized carbons (Fsp3) is 0.357. The molecule has 1 fully saturated rings. The van der Waals surface area contributed by atoms with Gasteiger partial charge in [0.1, 0.15) is 0 Å². The van der Waals surface area contributed by atoms with Crippen LogP contribution < -0.4 is 5.32 Å². The van der Waals surface area contributed by atoms with Crippen LogP contribution >= 0.6 is 23.1 Å². The Morgan fingerprint density at radius 1 is 1.43 bits per heavy atom. The Bertz CT molecular complexity index is 579. The van der Waals surface area contributed by atoms with Gasteiger partial charge in [0, 0.05) is 23.9 Å². The van der Waals surface area contributed by atoms with Gasteiger partial charge in [0.25, 0.3) is 11.1 Å². The molecule has 2 rings (SSSR count). The maximum atomic E-state index is 12.2. The van der Waals surface area contributed by atoms with Gasteiger partial charge in [-0.05, 0) is 29.3 Å². The molecule has 2 heterocycles. The number of carbonyl (C=O) groups is 3. The van der Waals surface area contributed by atoms with Crippen molar-refractivity contribution in [1.82, 2.24) is 10.2 Å². The number of amides is 3. The summed E-state index contributed by atoms with van der Waals surface area (Å²) in [7, 11) is 0. The largest absolute Gasteiger partial charge is 0.354 e. The van der Waals surface area contributed by atoms with Gasteiger partial charge in [0.2, 0.25) is 5.91 Å². The quantitative estimate of drug-likeness (QED) is 0.845. The summed E-state index contributed by atoms with van der Waals surface area (Å²) in [6, 6.07) is 3.78. The molecule has 0 unspecified atom stereocenters. The SMILES string of the molecule is CC(C)C(=O)NCCN1C(=O)S/C(=C/c2cccs2)C1=O. The average molecular weight is 324 g/mol. The molecule has 0 aliphatic carbocycles. The Kier molecular flexibility index (Phi) is 5.19. The lowest BCUT2D eigenvalue weighted by Gasteiger charge is -2.13. The van der Waals surface area contributed by atoms with Crippen molar-refractivity contribution in [3.8, 4) is 0 Å². The molecule has 1 N–H and O–H groups in total. The number of thioether (sulfide) groups is 1. The number of carbonyl (C=O) groups excluding carboxylic acids is 3. The molecule has 0 atom stereocenters. The molecule has 0 spiro atoms. The van der Waals surface area contributed by atoms with Gasteiger partial charge in [-0.25, -0.2) is 0 Å². The Hall–Kier alpha value is -1.60. The van der Waals surface area contributed by atoms with Gasteiger partial charge in [-0.2, -0.15) is 0 Å². The lowest BCUT2D eigenvalue weighted by molar-refractivity contribution is -0.125. The van der Waals surface area contributed by atoms with Crippen LogP contribution in [-0.2, 0) is 9.59 Å². The zero-order chi connectivity index (χ0) is 15.4. The molecule has 0 aromatic carbocycles. The molecule has 1 aliphatic heterocycles. The van der Waals surface area contributed by atoms with Gasteiger partial charge < -0.3 is 5.32 Å². The van der Waals surface area contributed by atoms with Crippen molar-refractivity contribution < 1.29 is 14.4 Å². The van der Waals surface area contributed by atoms with Crippen molar-refractivity contribution in [1.29, 1.82) is 0 Å². The third-order valence-corrected chi connectivity index (χ3v) is 4.58. The molecular formula is C14H16N2O3S2. The first-order valence-electron chi connectivity index (χ1n) is 6.55. The minimum atomic E-state index is -0.294. The molecule has 7 heteroatoms. The molecule has 0 bridgehead atoms. The van der Waals surface area contributed by atoms with E-state index in [1.54, 1.807) is 19.9 Å². The van der Waals surface area contributed by atoms with E-state index in [1.165, 1.54) is 16.2 Å². The molecule has 0 saturated carbocycles. The summed E-state index contributed by atoms with van der Waals surface area (Å²) in [5.41, 5.74) is 0. The average Bonchev–Trinajstić information content (AvgIpc) is 3.02. The van der Waals surface area contributed by atoms with E-state index in [1.807, 2.05) is 17.5 Å². The van der Waals surface area contributed by atoms with E-state index >= 15 is 0 Å². The summed E-state index contributed by atoms with van der Waals surface area (Å²) in [6.07, 6.45) is 1.72. The lowest BCUT2D eigenvalue weighted by atomic mass is 10.2. The molecule has 1 saturated heterocycles. The van der Waals surface area contributed by atoms with Crippen LogP contribution in [0.2, 0.25) is 0 Å². The van der Waals surface area contributed by atoms with Crippen LogP contribution in [0.3, 0.4) is 0 Å². The fourth-order valence-electron chi connectivity index (χ4n) is 1.69. The smallest absolute Gasteiger partial charge is 0.293 e. The first-order chi connectivity index (χ1) is 9.99. The third kappa shape index (κ3) is 3.95. The van der Waals surface area contributed by atoms with Crippen LogP contribution in [-0.4, -0.2) is 35.0 Å². The van der Waals surface area contributed by atoms with Crippen LogP contribution in [0.5, 0.6) is 0 Å². The van der Waals surface area contributed by atoms with Crippen LogP contribution in [0.25, 0.3) is 6.08 Å². The Morgan fingerprint density at radius 3 is 2.81 bits per heavy atom. The fourth-order valence-corrected chi connectivity index (χ4v) is 3.28. The van der Waals surface area contributed by atoms with Crippen molar-refractivity contribution in [2.75, 3.05) is 13.1 Å². The minimum Gasteiger partial charge on any atom is -0.354 e. The van der Waals surface area contributed by atoms with E-state index in [-0.39, 0.29) is 36.1 Å². The van der Waals surface area contributed by atoms with Crippen LogP contribution in [0.4, 0.5) is 4.79 Å². The minimum absolute atomic E-state index is 0.0869. The number of hydrogen-bond acceptors (Lipinski definition) is 5. The van der Waals surface area contributed by atoms with Gasteiger partial charge in [0.15, 0.2) is 0 Å².